The van der Waals surface area contributed by atoms with Gasteiger partial charge in [0.15, 0.2) is 0 Å². The van der Waals surface area contributed by atoms with Gasteiger partial charge >= 0.3 is 0 Å². The van der Waals surface area contributed by atoms with Gasteiger partial charge in [0, 0.05) is 0 Å². The van der Waals surface area contributed by atoms with Crippen LogP contribution in [0.5, 0.6) is 0 Å². The summed E-state index contributed by atoms with van der Waals surface area (Å²) in [5, 5.41) is 18.4. The Balaban J connectivity index is 3.50. The summed E-state index contributed by atoms with van der Waals surface area (Å²) in [4.78, 5) is 0. The van der Waals surface area contributed by atoms with Crippen LogP contribution in [-0.2, 0) is 0 Å². The lowest BCUT2D eigenvalue weighted by Gasteiger charge is -2.17. The van der Waals surface area contributed by atoms with Gasteiger partial charge in [-0.05, 0) is 18.8 Å². The molecule has 2 nitrogen and oxygen atoms in total. The van der Waals surface area contributed by atoms with Gasteiger partial charge in [-0.25, -0.2) is 0 Å². The fourth-order valence-corrected chi connectivity index (χ4v) is 0.912. The molecule has 10 heavy (non-hydrogen) atoms. The molecular weight excluding hydrogens is 128 g/mol. The van der Waals surface area contributed by atoms with Crippen molar-refractivity contribution >= 4 is 0 Å². The largest absolute Gasteiger partial charge is 0.390 e. The van der Waals surface area contributed by atoms with Gasteiger partial charge in [0.2, 0.25) is 0 Å². The molecule has 1 unspecified atom stereocenters. The van der Waals surface area contributed by atoms with Gasteiger partial charge < -0.3 is 10.2 Å². The SMILES string of the molecule is CC[C@@H](O)C(O)CC(C)C. The van der Waals surface area contributed by atoms with Gasteiger partial charge in [0.05, 0.1) is 12.2 Å². The molecule has 0 radical (unpaired) electrons. The molecule has 2 heteroatoms. The molecule has 0 aromatic carbocycles. The minimum atomic E-state index is -0.539. The summed E-state index contributed by atoms with van der Waals surface area (Å²) in [6, 6.07) is 0. The van der Waals surface area contributed by atoms with E-state index < -0.39 is 12.2 Å². The second-order valence-electron chi connectivity index (χ2n) is 3.17. The van der Waals surface area contributed by atoms with E-state index in [1.165, 1.54) is 0 Å². The van der Waals surface area contributed by atoms with Crippen LogP contribution in [0, 0.1) is 5.92 Å². The van der Waals surface area contributed by atoms with Crippen LogP contribution in [0.15, 0.2) is 0 Å². The van der Waals surface area contributed by atoms with E-state index in [1.54, 1.807) is 0 Å². The Morgan fingerprint density at radius 2 is 1.60 bits per heavy atom. The molecule has 0 heterocycles. The molecule has 0 aliphatic carbocycles. The van der Waals surface area contributed by atoms with Gasteiger partial charge in [-0.2, -0.15) is 0 Å². The molecule has 0 aliphatic heterocycles. The molecule has 0 saturated carbocycles. The summed E-state index contributed by atoms with van der Waals surface area (Å²) in [5.41, 5.74) is 0. The first-order chi connectivity index (χ1) is 4.57. The van der Waals surface area contributed by atoms with E-state index in [1.807, 2.05) is 20.8 Å². The maximum absolute atomic E-state index is 9.24. The Morgan fingerprint density at radius 3 is 1.90 bits per heavy atom. The minimum Gasteiger partial charge on any atom is -0.390 e. The molecule has 0 aromatic rings. The van der Waals surface area contributed by atoms with E-state index in [4.69, 9.17) is 5.11 Å². The van der Waals surface area contributed by atoms with Crippen LogP contribution in [0.1, 0.15) is 33.6 Å². The quantitative estimate of drug-likeness (QED) is 0.625. The number of hydrogen-bond donors (Lipinski definition) is 2. The van der Waals surface area contributed by atoms with Crippen LogP contribution in [0.4, 0.5) is 0 Å². The monoisotopic (exact) mass is 146 g/mol. The van der Waals surface area contributed by atoms with Crippen LogP contribution in [0.3, 0.4) is 0 Å². The highest BCUT2D eigenvalue weighted by Crippen LogP contribution is 2.09. The van der Waals surface area contributed by atoms with Crippen molar-refractivity contribution in [2.24, 2.45) is 5.92 Å². The van der Waals surface area contributed by atoms with Gasteiger partial charge in [-0.3, -0.25) is 0 Å². The van der Waals surface area contributed by atoms with Crippen LogP contribution in [-0.4, -0.2) is 22.4 Å². The lowest BCUT2D eigenvalue weighted by molar-refractivity contribution is 0.00588. The molecule has 2 N–H and O–H groups in total. The molecule has 0 saturated heterocycles. The Morgan fingerprint density at radius 1 is 1.10 bits per heavy atom. The average Bonchev–Trinajstić information content (AvgIpc) is 1.85. The van der Waals surface area contributed by atoms with Crippen molar-refractivity contribution in [3.05, 3.63) is 0 Å². The van der Waals surface area contributed by atoms with E-state index in [0.29, 0.717) is 18.8 Å². The van der Waals surface area contributed by atoms with Crippen LogP contribution in [0.2, 0.25) is 0 Å². The first-order valence-electron chi connectivity index (χ1n) is 3.94. The molecule has 0 aliphatic rings. The first kappa shape index (κ1) is 9.92. The predicted octanol–water partition coefficient (Wildman–Crippen LogP) is 1.16. The number of hydrogen-bond acceptors (Lipinski definition) is 2. The van der Waals surface area contributed by atoms with Gasteiger partial charge in [0.25, 0.3) is 0 Å². The van der Waals surface area contributed by atoms with E-state index in [2.05, 4.69) is 0 Å². The second-order valence-corrected chi connectivity index (χ2v) is 3.17. The fourth-order valence-electron chi connectivity index (χ4n) is 0.912. The Labute approximate surface area is 62.9 Å². The summed E-state index contributed by atoms with van der Waals surface area (Å²) >= 11 is 0. The Kier molecular flexibility index (Phi) is 4.65. The predicted molar refractivity (Wildman–Crippen MR) is 41.8 cm³/mol. The van der Waals surface area contributed by atoms with Crippen molar-refractivity contribution in [2.45, 2.75) is 45.8 Å². The number of aliphatic hydroxyl groups excluding tert-OH is 2. The van der Waals surface area contributed by atoms with Crippen LogP contribution >= 0.6 is 0 Å². The molecule has 62 valence electrons. The second kappa shape index (κ2) is 4.69. The lowest BCUT2D eigenvalue weighted by atomic mass is 10.0. The highest BCUT2D eigenvalue weighted by Gasteiger charge is 2.14. The summed E-state index contributed by atoms with van der Waals surface area (Å²) in [7, 11) is 0. The normalized spacial score (nSPS) is 17.4. The van der Waals surface area contributed by atoms with E-state index in [0.717, 1.165) is 0 Å². The molecule has 0 fully saturated rings. The summed E-state index contributed by atoms with van der Waals surface area (Å²) in [5.74, 6) is 0.455. The Bertz CT molecular complexity index is 81.3. The van der Waals surface area contributed by atoms with Crippen LogP contribution < -0.4 is 0 Å². The van der Waals surface area contributed by atoms with E-state index in [9.17, 15) is 5.11 Å². The van der Waals surface area contributed by atoms with Gasteiger partial charge in [0.1, 0.15) is 0 Å². The van der Waals surface area contributed by atoms with E-state index in [-0.39, 0.29) is 0 Å². The van der Waals surface area contributed by atoms with Crippen molar-refractivity contribution in [3.63, 3.8) is 0 Å². The third-order valence-corrected chi connectivity index (χ3v) is 1.58. The van der Waals surface area contributed by atoms with Crippen molar-refractivity contribution in [1.29, 1.82) is 0 Å². The number of rotatable bonds is 4. The van der Waals surface area contributed by atoms with Gasteiger partial charge in [-0.1, -0.05) is 20.8 Å². The van der Waals surface area contributed by atoms with E-state index >= 15 is 0 Å². The highest BCUT2D eigenvalue weighted by molar-refractivity contribution is 4.66. The lowest BCUT2D eigenvalue weighted by Crippen LogP contribution is -2.26. The van der Waals surface area contributed by atoms with Crippen molar-refractivity contribution in [2.75, 3.05) is 0 Å². The fraction of sp³-hybridized carbons (Fsp3) is 1.00. The maximum atomic E-state index is 9.24. The molecule has 0 aromatic heterocycles. The third-order valence-electron chi connectivity index (χ3n) is 1.58. The first-order valence-corrected chi connectivity index (χ1v) is 3.94. The Hall–Kier alpha value is -0.0800. The molecule has 0 amide bonds. The molecule has 0 spiro atoms. The smallest absolute Gasteiger partial charge is 0.0801 e. The zero-order valence-electron chi connectivity index (χ0n) is 7.04. The summed E-state index contributed by atoms with van der Waals surface area (Å²) in [6.45, 7) is 5.94. The van der Waals surface area contributed by atoms with Crippen molar-refractivity contribution in [1.82, 2.24) is 0 Å². The molecule has 2 atom stereocenters. The van der Waals surface area contributed by atoms with Gasteiger partial charge in [-0.15, -0.1) is 0 Å². The maximum Gasteiger partial charge on any atom is 0.0801 e. The summed E-state index contributed by atoms with van der Waals surface area (Å²) in [6.07, 6.45) is 0.246. The topological polar surface area (TPSA) is 40.5 Å². The molecule has 0 rings (SSSR count). The zero-order valence-corrected chi connectivity index (χ0v) is 7.04. The average molecular weight is 146 g/mol. The van der Waals surface area contributed by atoms with Crippen molar-refractivity contribution < 1.29 is 10.2 Å². The third kappa shape index (κ3) is 3.85. The zero-order chi connectivity index (χ0) is 8.15. The highest BCUT2D eigenvalue weighted by atomic mass is 16.3. The standard InChI is InChI=1S/C8H18O2/c1-4-7(9)8(10)5-6(2)3/h6-10H,4-5H2,1-3H3/t7-,8?/m1/s1. The van der Waals surface area contributed by atoms with Crippen molar-refractivity contribution in [3.8, 4) is 0 Å². The minimum absolute atomic E-state index is 0.455. The number of aliphatic hydroxyl groups is 2. The van der Waals surface area contributed by atoms with Crippen LogP contribution in [0.25, 0.3) is 0 Å². The summed E-state index contributed by atoms with van der Waals surface area (Å²) < 4.78 is 0. The molecular formula is C8H18O2. The molecule has 0 bridgehead atoms.